The van der Waals surface area contributed by atoms with Crippen LogP contribution in [0.2, 0.25) is 0 Å². The second-order valence-electron chi connectivity index (χ2n) is 6.01. The zero-order valence-corrected chi connectivity index (χ0v) is 15.6. The third-order valence-electron chi connectivity index (χ3n) is 3.79. The molecule has 1 N–H and O–H groups in total. The molecule has 1 aliphatic rings. The number of aromatic nitrogens is 1. The summed E-state index contributed by atoms with van der Waals surface area (Å²) >= 11 is 3.42. The van der Waals surface area contributed by atoms with Crippen molar-refractivity contribution in [2.75, 3.05) is 27.2 Å². The van der Waals surface area contributed by atoms with Crippen LogP contribution in [0.3, 0.4) is 0 Å². The first kappa shape index (κ1) is 17.6. The number of fused-ring (bicyclic) bond motifs is 1. The van der Waals surface area contributed by atoms with Gasteiger partial charge >= 0.3 is 0 Å². The van der Waals surface area contributed by atoms with Crippen molar-refractivity contribution in [3.8, 4) is 11.5 Å². The molecule has 1 aromatic heterocycles. The summed E-state index contributed by atoms with van der Waals surface area (Å²) in [5, 5.41) is 3.03. The van der Waals surface area contributed by atoms with Crippen molar-refractivity contribution < 1.29 is 14.0 Å². The highest BCUT2D eigenvalue weighted by Crippen LogP contribution is 2.31. The summed E-state index contributed by atoms with van der Waals surface area (Å²) in [4.78, 5) is 31.2. The number of hydrogen-bond donors (Lipinski definition) is 1. The molecule has 0 radical (unpaired) electrons. The van der Waals surface area contributed by atoms with Crippen LogP contribution in [0.4, 0.5) is 0 Å². The van der Waals surface area contributed by atoms with Crippen LogP contribution in [-0.4, -0.2) is 48.6 Å². The Kier molecular flexibility index (Phi) is 5.15. The highest BCUT2D eigenvalue weighted by atomic mass is 79.9. The van der Waals surface area contributed by atoms with E-state index in [0.717, 1.165) is 17.4 Å². The molecule has 0 bridgehead atoms. The van der Waals surface area contributed by atoms with E-state index in [-0.39, 0.29) is 34.6 Å². The maximum atomic E-state index is 12.6. The summed E-state index contributed by atoms with van der Waals surface area (Å²) in [6.07, 6.45) is 2.15. The number of ketones is 2. The van der Waals surface area contributed by atoms with Gasteiger partial charge in [0.25, 0.3) is 0 Å². The Hall–Kier alpha value is -2.25. The summed E-state index contributed by atoms with van der Waals surface area (Å²) in [5.74, 6) is -0.423. The van der Waals surface area contributed by atoms with E-state index in [1.165, 1.54) is 6.08 Å². The highest BCUT2D eigenvalue weighted by Gasteiger charge is 2.32. The van der Waals surface area contributed by atoms with Crippen molar-refractivity contribution in [1.29, 1.82) is 0 Å². The molecule has 6 nitrogen and oxygen atoms in total. The molecule has 25 heavy (non-hydrogen) atoms. The lowest BCUT2D eigenvalue weighted by molar-refractivity contribution is 0.0960. The van der Waals surface area contributed by atoms with Gasteiger partial charge in [0.15, 0.2) is 5.69 Å². The zero-order valence-electron chi connectivity index (χ0n) is 14.0. The highest BCUT2D eigenvalue weighted by molar-refractivity contribution is 9.10. The number of carbonyl (C=O) groups is 2. The van der Waals surface area contributed by atoms with E-state index in [1.807, 2.05) is 38.4 Å². The Morgan fingerprint density at radius 2 is 2.00 bits per heavy atom. The molecule has 1 aliphatic carbocycles. The van der Waals surface area contributed by atoms with Crippen LogP contribution in [0.5, 0.6) is 0 Å². The largest absolute Gasteiger partial charge is 0.432 e. The van der Waals surface area contributed by atoms with Gasteiger partial charge in [-0.2, -0.15) is 0 Å². The Bertz CT molecular complexity index is 855. The normalized spacial score (nSPS) is 13.8. The van der Waals surface area contributed by atoms with Gasteiger partial charge in [-0.1, -0.05) is 12.1 Å². The number of hydrogen-bond acceptors (Lipinski definition) is 6. The molecule has 1 heterocycles. The molecular formula is C18H18BrN3O3. The Morgan fingerprint density at radius 1 is 1.24 bits per heavy atom. The predicted octanol–water partition coefficient (Wildman–Crippen LogP) is 2.91. The fourth-order valence-electron chi connectivity index (χ4n) is 2.53. The summed E-state index contributed by atoms with van der Waals surface area (Å²) in [7, 11) is 3.97. The van der Waals surface area contributed by atoms with E-state index in [2.05, 4.69) is 31.1 Å². The van der Waals surface area contributed by atoms with Crippen molar-refractivity contribution >= 4 is 27.5 Å². The second kappa shape index (κ2) is 7.33. The Labute approximate surface area is 154 Å². The molecule has 0 aliphatic heterocycles. The standard InChI is InChI=1S/C18H18BrN3O3/c1-22(2)9-5-8-20-13-10-14(23)17-15(16(13)24)21-18(25-17)11-6-3-4-7-12(11)19/h3-4,6-7,10,20H,5,8-9H2,1-2H3. The monoisotopic (exact) mass is 403 g/mol. The first-order valence-electron chi connectivity index (χ1n) is 7.92. The summed E-state index contributed by atoms with van der Waals surface area (Å²) in [6, 6.07) is 7.36. The molecule has 1 aromatic carbocycles. The zero-order chi connectivity index (χ0) is 18.0. The number of carbonyl (C=O) groups excluding carboxylic acids is 2. The van der Waals surface area contributed by atoms with Crippen LogP contribution < -0.4 is 5.32 Å². The van der Waals surface area contributed by atoms with Crippen LogP contribution in [0.1, 0.15) is 27.5 Å². The van der Waals surface area contributed by atoms with Crippen LogP contribution in [0.15, 0.2) is 44.9 Å². The predicted molar refractivity (Wildman–Crippen MR) is 97.6 cm³/mol. The van der Waals surface area contributed by atoms with Crippen molar-refractivity contribution in [1.82, 2.24) is 15.2 Å². The number of halogens is 1. The SMILES string of the molecule is CN(C)CCCNC1=CC(=O)c2oc(-c3ccccc3Br)nc2C1=O. The molecule has 2 aromatic rings. The van der Waals surface area contributed by atoms with Gasteiger partial charge in [-0.15, -0.1) is 0 Å². The number of Topliss-reactive ketones (excluding diaryl/α,β-unsaturated/α-hetero) is 1. The van der Waals surface area contributed by atoms with Crippen LogP contribution in [-0.2, 0) is 0 Å². The molecule has 0 amide bonds. The number of rotatable bonds is 6. The fraction of sp³-hybridized carbons (Fsp3) is 0.278. The Balaban J connectivity index is 1.81. The van der Waals surface area contributed by atoms with Crippen molar-refractivity contribution in [3.63, 3.8) is 0 Å². The lowest BCUT2D eigenvalue weighted by atomic mass is 10.0. The molecule has 0 fully saturated rings. The molecule has 7 heteroatoms. The Morgan fingerprint density at radius 3 is 2.72 bits per heavy atom. The quantitative estimate of drug-likeness (QED) is 0.747. The third-order valence-corrected chi connectivity index (χ3v) is 4.48. The molecule has 0 saturated heterocycles. The number of nitrogens with zero attached hydrogens (tertiary/aromatic N) is 2. The van der Waals surface area contributed by atoms with Gasteiger partial charge < -0.3 is 14.6 Å². The second-order valence-corrected chi connectivity index (χ2v) is 6.87. The van der Waals surface area contributed by atoms with Gasteiger partial charge in [0.05, 0.1) is 11.3 Å². The molecule has 0 atom stereocenters. The topological polar surface area (TPSA) is 75.4 Å². The summed E-state index contributed by atoms with van der Waals surface area (Å²) < 4.78 is 6.35. The first-order chi connectivity index (χ1) is 12.0. The minimum atomic E-state index is -0.351. The minimum Gasteiger partial charge on any atom is -0.432 e. The average Bonchev–Trinajstić information content (AvgIpc) is 3.02. The van der Waals surface area contributed by atoms with Gasteiger partial charge in [0.1, 0.15) is 0 Å². The van der Waals surface area contributed by atoms with Crippen LogP contribution >= 0.6 is 15.9 Å². The van der Waals surface area contributed by atoms with E-state index in [9.17, 15) is 9.59 Å². The third kappa shape index (κ3) is 3.72. The van der Waals surface area contributed by atoms with Crippen LogP contribution in [0.25, 0.3) is 11.5 Å². The molecule has 0 saturated carbocycles. The summed E-state index contributed by atoms with van der Waals surface area (Å²) in [6.45, 7) is 1.50. The smallest absolute Gasteiger partial charge is 0.231 e. The summed E-state index contributed by atoms with van der Waals surface area (Å²) in [5.41, 5.74) is 1.02. The maximum absolute atomic E-state index is 12.6. The van der Waals surface area contributed by atoms with E-state index >= 15 is 0 Å². The minimum absolute atomic E-state index is 0.00501. The lowest BCUT2D eigenvalue weighted by Crippen LogP contribution is -2.28. The number of benzene rings is 1. The van der Waals surface area contributed by atoms with Crippen LogP contribution in [0, 0.1) is 0 Å². The maximum Gasteiger partial charge on any atom is 0.231 e. The first-order valence-corrected chi connectivity index (χ1v) is 8.71. The van der Waals surface area contributed by atoms with Gasteiger partial charge in [-0.25, -0.2) is 4.98 Å². The molecule has 0 spiro atoms. The van der Waals surface area contributed by atoms with E-state index in [4.69, 9.17) is 4.42 Å². The average molecular weight is 404 g/mol. The van der Waals surface area contributed by atoms with Gasteiger partial charge in [-0.3, -0.25) is 9.59 Å². The number of oxazole rings is 1. The lowest BCUT2D eigenvalue weighted by Gasteiger charge is -2.13. The number of allylic oxidation sites excluding steroid dienone is 2. The fourth-order valence-corrected chi connectivity index (χ4v) is 2.98. The van der Waals surface area contributed by atoms with Gasteiger partial charge in [0, 0.05) is 17.1 Å². The number of nitrogens with one attached hydrogen (secondary N) is 1. The van der Waals surface area contributed by atoms with E-state index in [1.54, 1.807) is 0 Å². The van der Waals surface area contributed by atoms with Crippen molar-refractivity contribution in [3.05, 3.63) is 52.0 Å². The molecule has 0 unspecified atom stereocenters. The van der Waals surface area contributed by atoms with Gasteiger partial charge in [0.2, 0.25) is 23.2 Å². The van der Waals surface area contributed by atoms with E-state index in [0.29, 0.717) is 12.1 Å². The van der Waals surface area contributed by atoms with Gasteiger partial charge in [-0.05, 0) is 55.1 Å². The van der Waals surface area contributed by atoms with Crippen molar-refractivity contribution in [2.45, 2.75) is 6.42 Å². The molecular weight excluding hydrogens is 386 g/mol. The van der Waals surface area contributed by atoms with Crippen molar-refractivity contribution in [2.24, 2.45) is 0 Å². The molecule has 130 valence electrons. The van der Waals surface area contributed by atoms with E-state index < -0.39 is 0 Å². The molecule has 3 rings (SSSR count).